The van der Waals surface area contributed by atoms with Gasteiger partial charge >= 0.3 is 5.97 Å². The van der Waals surface area contributed by atoms with Crippen LogP contribution < -0.4 is 0 Å². The van der Waals surface area contributed by atoms with Crippen molar-refractivity contribution in [2.24, 2.45) is 0 Å². The Labute approximate surface area is 111 Å². The molecular formula is C13H17ClO2S. The van der Waals surface area contributed by atoms with Crippen molar-refractivity contribution >= 4 is 29.3 Å². The van der Waals surface area contributed by atoms with Crippen molar-refractivity contribution in [1.29, 1.82) is 0 Å². The van der Waals surface area contributed by atoms with E-state index in [9.17, 15) is 9.90 Å². The third-order valence-corrected chi connectivity index (χ3v) is 3.79. The molecule has 0 aliphatic carbocycles. The van der Waals surface area contributed by atoms with Crippen LogP contribution in [0.4, 0.5) is 0 Å². The van der Waals surface area contributed by atoms with E-state index in [4.69, 9.17) is 11.6 Å². The summed E-state index contributed by atoms with van der Waals surface area (Å²) in [6, 6.07) is 7.09. The average molecular weight is 273 g/mol. The second-order valence-corrected chi connectivity index (χ2v) is 5.61. The fraction of sp³-hybridized carbons (Fsp3) is 0.462. The number of carboxylic acids is 1. The molecule has 0 heterocycles. The average Bonchev–Trinajstić information content (AvgIpc) is 2.30. The molecule has 1 atom stereocenters. The molecule has 1 N–H and O–H groups in total. The standard InChI is InChI=1S/C13H17ClO2S/c1-2-17-9-3-4-12(13(15)16)10-5-7-11(14)8-6-10/h5-8,12H,2-4,9H2,1H3,(H,15,16). The van der Waals surface area contributed by atoms with Crippen molar-refractivity contribution in [2.45, 2.75) is 25.7 Å². The van der Waals surface area contributed by atoms with Gasteiger partial charge in [0, 0.05) is 5.02 Å². The summed E-state index contributed by atoms with van der Waals surface area (Å²) < 4.78 is 0. The van der Waals surface area contributed by atoms with Crippen LogP contribution in [0.1, 0.15) is 31.2 Å². The van der Waals surface area contributed by atoms with Crippen LogP contribution in [0.25, 0.3) is 0 Å². The Kier molecular flexibility index (Phi) is 6.45. The highest BCUT2D eigenvalue weighted by Crippen LogP contribution is 2.24. The first kappa shape index (κ1) is 14.4. The smallest absolute Gasteiger partial charge is 0.310 e. The van der Waals surface area contributed by atoms with Gasteiger partial charge in [-0.3, -0.25) is 4.79 Å². The van der Waals surface area contributed by atoms with Crippen LogP contribution in [-0.2, 0) is 4.79 Å². The Morgan fingerprint density at radius 1 is 1.41 bits per heavy atom. The first-order chi connectivity index (χ1) is 8.15. The van der Waals surface area contributed by atoms with Crippen molar-refractivity contribution < 1.29 is 9.90 Å². The first-order valence-corrected chi connectivity index (χ1v) is 7.24. The van der Waals surface area contributed by atoms with Gasteiger partial charge in [-0.1, -0.05) is 30.7 Å². The highest BCUT2D eigenvalue weighted by Gasteiger charge is 2.18. The minimum atomic E-state index is -0.756. The number of benzene rings is 1. The molecule has 1 rings (SSSR count). The van der Waals surface area contributed by atoms with Crippen molar-refractivity contribution in [2.75, 3.05) is 11.5 Å². The maximum Gasteiger partial charge on any atom is 0.310 e. The van der Waals surface area contributed by atoms with Crippen molar-refractivity contribution in [3.05, 3.63) is 34.9 Å². The van der Waals surface area contributed by atoms with E-state index in [0.29, 0.717) is 11.4 Å². The zero-order chi connectivity index (χ0) is 12.7. The summed E-state index contributed by atoms with van der Waals surface area (Å²) in [4.78, 5) is 11.2. The van der Waals surface area contributed by atoms with Gasteiger partial charge < -0.3 is 5.11 Å². The third-order valence-electron chi connectivity index (χ3n) is 2.56. The number of carboxylic acid groups (broad SMARTS) is 1. The van der Waals surface area contributed by atoms with E-state index in [2.05, 4.69) is 6.92 Å². The molecule has 1 aromatic carbocycles. The zero-order valence-corrected chi connectivity index (χ0v) is 11.4. The second kappa shape index (κ2) is 7.62. The topological polar surface area (TPSA) is 37.3 Å². The first-order valence-electron chi connectivity index (χ1n) is 5.71. The lowest BCUT2D eigenvalue weighted by Crippen LogP contribution is -2.11. The maximum atomic E-state index is 11.2. The maximum absolute atomic E-state index is 11.2. The van der Waals surface area contributed by atoms with Gasteiger partial charge in [0.15, 0.2) is 0 Å². The van der Waals surface area contributed by atoms with E-state index in [-0.39, 0.29) is 0 Å². The minimum absolute atomic E-state index is 0.412. The van der Waals surface area contributed by atoms with E-state index in [1.165, 1.54) is 0 Å². The summed E-state index contributed by atoms with van der Waals surface area (Å²) in [7, 11) is 0. The van der Waals surface area contributed by atoms with Crippen LogP contribution in [0.5, 0.6) is 0 Å². The van der Waals surface area contributed by atoms with Gasteiger partial charge in [0.25, 0.3) is 0 Å². The minimum Gasteiger partial charge on any atom is -0.481 e. The Morgan fingerprint density at radius 3 is 2.59 bits per heavy atom. The van der Waals surface area contributed by atoms with Gasteiger partial charge in [-0.05, 0) is 42.0 Å². The van der Waals surface area contributed by atoms with Crippen molar-refractivity contribution in [1.82, 2.24) is 0 Å². The number of rotatable bonds is 7. The lowest BCUT2D eigenvalue weighted by molar-refractivity contribution is -0.139. The van der Waals surface area contributed by atoms with Crippen LogP contribution in [0.15, 0.2) is 24.3 Å². The third kappa shape index (κ3) is 5.00. The monoisotopic (exact) mass is 272 g/mol. The predicted octanol–water partition coefficient (Wildman–Crippen LogP) is 4.04. The van der Waals surface area contributed by atoms with Crippen LogP contribution in [0, 0.1) is 0 Å². The number of halogens is 1. The van der Waals surface area contributed by atoms with Crippen LogP contribution in [-0.4, -0.2) is 22.6 Å². The van der Waals surface area contributed by atoms with Gasteiger partial charge in [0.2, 0.25) is 0 Å². The fourth-order valence-electron chi connectivity index (χ4n) is 1.66. The molecule has 0 spiro atoms. The molecule has 0 saturated carbocycles. The number of thioether (sulfide) groups is 1. The highest BCUT2D eigenvalue weighted by molar-refractivity contribution is 7.99. The molecule has 0 saturated heterocycles. The van der Waals surface area contributed by atoms with Crippen LogP contribution in [0.3, 0.4) is 0 Å². The molecule has 0 bridgehead atoms. The van der Waals surface area contributed by atoms with Gasteiger partial charge in [-0.2, -0.15) is 11.8 Å². The van der Waals surface area contributed by atoms with Crippen molar-refractivity contribution in [3.63, 3.8) is 0 Å². The summed E-state index contributed by atoms with van der Waals surface area (Å²) in [5.41, 5.74) is 0.836. The molecule has 2 nitrogen and oxygen atoms in total. The number of hydrogen-bond donors (Lipinski definition) is 1. The summed E-state index contributed by atoms with van der Waals surface area (Å²) in [5.74, 6) is 0.936. The second-order valence-electron chi connectivity index (χ2n) is 3.78. The Morgan fingerprint density at radius 2 is 2.06 bits per heavy atom. The number of aliphatic carboxylic acids is 1. The normalized spacial score (nSPS) is 12.4. The van der Waals surface area contributed by atoms with E-state index in [1.807, 2.05) is 11.8 Å². The summed E-state index contributed by atoms with van der Waals surface area (Å²) in [6.45, 7) is 2.11. The molecule has 0 aliphatic heterocycles. The van der Waals surface area contributed by atoms with E-state index >= 15 is 0 Å². The summed E-state index contributed by atoms with van der Waals surface area (Å²) in [6.07, 6.45) is 1.61. The molecule has 1 aromatic rings. The highest BCUT2D eigenvalue weighted by atomic mass is 35.5. The van der Waals surface area contributed by atoms with E-state index in [0.717, 1.165) is 23.5 Å². The summed E-state index contributed by atoms with van der Waals surface area (Å²) in [5, 5.41) is 9.85. The Hall–Kier alpha value is -0.670. The lowest BCUT2D eigenvalue weighted by Gasteiger charge is -2.12. The van der Waals surface area contributed by atoms with Crippen LogP contribution in [0.2, 0.25) is 5.02 Å². The van der Waals surface area contributed by atoms with Gasteiger partial charge in [-0.25, -0.2) is 0 Å². The molecule has 1 unspecified atom stereocenters. The quantitative estimate of drug-likeness (QED) is 0.761. The molecule has 94 valence electrons. The molecule has 0 fully saturated rings. The van der Waals surface area contributed by atoms with E-state index in [1.54, 1.807) is 24.3 Å². The molecule has 0 aliphatic rings. The van der Waals surface area contributed by atoms with Crippen molar-refractivity contribution in [3.8, 4) is 0 Å². The molecule has 17 heavy (non-hydrogen) atoms. The molecule has 0 amide bonds. The molecule has 0 aromatic heterocycles. The Bertz CT molecular complexity index is 351. The molecule has 4 heteroatoms. The summed E-state index contributed by atoms with van der Waals surface area (Å²) >= 11 is 7.64. The molecule has 0 radical (unpaired) electrons. The van der Waals surface area contributed by atoms with E-state index < -0.39 is 11.9 Å². The largest absolute Gasteiger partial charge is 0.481 e. The SMILES string of the molecule is CCSCCCC(C(=O)O)c1ccc(Cl)cc1. The van der Waals surface area contributed by atoms with Gasteiger partial charge in [0.05, 0.1) is 5.92 Å². The fourth-order valence-corrected chi connectivity index (χ4v) is 2.45. The van der Waals surface area contributed by atoms with Crippen LogP contribution >= 0.6 is 23.4 Å². The molecular weight excluding hydrogens is 256 g/mol. The van der Waals surface area contributed by atoms with Gasteiger partial charge in [-0.15, -0.1) is 0 Å². The zero-order valence-electron chi connectivity index (χ0n) is 9.86. The van der Waals surface area contributed by atoms with Gasteiger partial charge in [0.1, 0.15) is 0 Å². The Balaban J connectivity index is 2.59. The number of hydrogen-bond acceptors (Lipinski definition) is 2. The lowest BCUT2D eigenvalue weighted by atomic mass is 9.95. The predicted molar refractivity (Wildman–Crippen MR) is 74.1 cm³/mol. The number of carbonyl (C=O) groups is 1.